The van der Waals surface area contributed by atoms with E-state index >= 15 is 0 Å². The zero-order valence-electron chi connectivity index (χ0n) is 15.7. The van der Waals surface area contributed by atoms with Crippen LogP contribution in [0.4, 0.5) is 0 Å². The molecule has 26 heavy (non-hydrogen) atoms. The van der Waals surface area contributed by atoms with Gasteiger partial charge in [-0.1, -0.05) is 29.4 Å². The smallest absolute Gasteiger partial charge is 0.249 e. The van der Waals surface area contributed by atoms with Crippen LogP contribution in [0.15, 0.2) is 28.8 Å². The van der Waals surface area contributed by atoms with Crippen LogP contribution in [0.2, 0.25) is 0 Å². The molecule has 1 fully saturated rings. The number of aryl methyl sites for hydroxylation is 1. The van der Waals surface area contributed by atoms with E-state index in [0.717, 1.165) is 37.1 Å². The molecule has 1 saturated heterocycles. The molecule has 0 radical (unpaired) electrons. The largest absolute Gasteiger partial charge is 0.343 e. The number of likely N-dealkylation sites (N-methyl/N-ethyl adjacent to an activating group) is 1. The van der Waals surface area contributed by atoms with Gasteiger partial charge in [0.25, 0.3) is 0 Å². The Balaban J connectivity index is 1.57. The molecule has 1 aliphatic rings. The summed E-state index contributed by atoms with van der Waals surface area (Å²) in [5.41, 5.74) is 2.02. The summed E-state index contributed by atoms with van der Waals surface area (Å²) in [4.78, 5) is 18.9. The van der Waals surface area contributed by atoms with Crippen LogP contribution >= 0.6 is 0 Å². The first-order valence-corrected chi connectivity index (χ1v) is 9.14. The normalized spacial score (nSPS) is 16.6. The number of benzene rings is 1. The Morgan fingerprint density at radius 1 is 1.38 bits per heavy atom. The number of rotatable bonds is 6. The van der Waals surface area contributed by atoms with Crippen molar-refractivity contribution in [3.8, 4) is 11.4 Å². The molecule has 7 heteroatoms. The van der Waals surface area contributed by atoms with Crippen molar-refractivity contribution in [2.45, 2.75) is 38.8 Å². The number of carbonyl (C=O) groups is 1. The van der Waals surface area contributed by atoms with Gasteiger partial charge in [0.1, 0.15) is 6.04 Å². The standard InChI is InChI=1S/C19H27N5O2/c1-13-6-4-5-7-16(13)18-22-19(26-23-18)14(2)21-17(25)12-24(3)15-8-10-20-11-9-15/h4-7,14-15,20H,8-12H2,1-3H3,(H,21,25). The third kappa shape index (κ3) is 4.47. The van der Waals surface area contributed by atoms with Crippen molar-refractivity contribution in [3.63, 3.8) is 0 Å². The molecule has 1 unspecified atom stereocenters. The van der Waals surface area contributed by atoms with Gasteiger partial charge >= 0.3 is 0 Å². The summed E-state index contributed by atoms with van der Waals surface area (Å²) in [5.74, 6) is 0.932. The summed E-state index contributed by atoms with van der Waals surface area (Å²) >= 11 is 0. The molecule has 1 aliphatic heterocycles. The molecule has 1 aromatic heterocycles. The van der Waals surface area contributed by atoms with Gasteiger partial charge in [-0.05, 0) is 52.4 Å². The molecule has 7 nitrogen and oxygen atoms in total. The van der Waals surface area contributed by atoms with Crippen LogP contribution in [0.3, 0.4) is 0 Å². The summed E-state index contributed by atoms with van der Waals surface area (Å²) in [6.07, 6.45) is 2.14. The van der Waals surface area contributed by atoms with E-state index in [9.17, 15) is 4.79 Å². The molecule has 2 N–H and O–H groups in total. The monoisotopic (exact) mass is 357 g/mol. The number of piperidine rings is 1. The zero-order valence-corrected chi connectivity index (χ0v) is 15.7. The molecule has 0 bridgehead atoms. The highest BCUT2D eigenvalue weighted by molar-refractivity contribution is 5.78. The first-order valence-electron chi connectivity index (χ1n) is 9.14. The van der Waals surface area contributed by atoms with E-state index in [1.54, 1.807) is 0 Å². The zero-order chi connectivity index (χ0) is 18.5. The number of aromatic nitrogens is 2. The van der Waals surface area contributed by atoms with Gasteiger partial charge < -0.3 is 15.2 Å². The topological polar surface area (TPSA) is 83.3 Å². The maximum Gasteiger partial charge on any atom is 0.249 e. The Morgan fingerprint density at radius 3 is 2.85 bits per heavy atom. The van der Waals surface area contributed by atoms with E-state index in [1.807, 2.05) is 45.2 Å². The predicted molar refractivity (Wildman–Crippen MR) is 99.6 cm³/mol. The summed E-state index contributed by atoms with van der Waals surface area (Å²) in [6, 6.07) is 8.01. The number of amides is 1. The molecule has 0 aliphatic carbocycles. The Bertz CT molecular complexity index is 739. The van der Waals surface area contributed by atoms with Crippen molar-refractivity contribution in [3.05, 3.63) is 35.7 Å². The summed E-state index contributed by atoms with van der Waals surface area (Å²) in [6.45, 7) is 6.26. The lowest BCUT2D eigenvalue weighted by Crippen LogP contribution is -2.45. The van der Waals surface area contributed by atoms with Gasteiger partial charge in [0.15, 0.2) is 0 Å². The van der Waals surface area contributed by atoms with Crippen molar-refractivity contribution in [2.75, 3.05) is 26.7 Å². The number of hydrogen-bond donors (Lipinski definition) is 2. The highest BCUT2D eigenvalue weighted by Crippen LogP contribution is 2.21. The lowest BCUT2D eigenvalue weighted by molar-refractivity contribution is -0.123. The van der Waals surface area contributed by atoms with E-state index in [1.165, 1.54) is 0 Å². The Hall–Kier alpha value is -2.25. The molecule has 0 spiro atoms. The first kappa shape index (κ1) is 18.5. The fourth-order valence-electron chi connectivity index (χ4n) is 3.30. The molecule has 1 atom stereocenters. The van der Waals surface area contributed by atoms with E-state index < -0.39 is 0 Å². The average Bonchev–Trinajstić information content (AvgIpc) is 3.12. The minimum atomic E-state index is -0.325. The van der Waals surface area contributed by atoms with E-state index in [2.05, 4.69) is 25.7 Å². The molecule has 2 aromatic rings. The lowest BCUT2D eigenvalue weighted by Gasteiger charge is -2.31. The molecule has 140 valence electrons. The maximum atomic E-state index is 12.4. The molecule has 0 saturated carbocycles. The highest BCUT2D eigenvalue weighted by atomic mass is 16.5. The van der Waals surface area contributed by atoms with Crippen LogP contribution in [0.25, 0.3) is 11.4 Å². The second kappa shape index (κ2) is 8.42. The summed E-state index contributed by atoms with van der Waals surface area (Å²) < 4.78 is 5.36. The van der Waals surface area contributed by atoms with Gasteiger partial charge in [0, 0.05) is 11.6 Å². The second-order valence-electron chi connectivity index (χ2n) is 6.96. The fourth-order valence-corrected chi connectivity index (χ4v) is 3.30. The Morgan fingerprint density at radius 2 is 2.12 bits per heavy atom. The van der Waals surface area contributed by atoms with E-state index in [4.69, 9.17) is 4.52 Å². The van der Waals surface area contributed by atoms with Crippen molar-refractivity contribution in [2.24, 2.45) is 0 Å². The number of hydrogen-bond acceptors (Lipinski definition) is 6. The van der Waals surface area contributed by atoms with Gasteiger partial charge in [-0.2, -0.15) is 4.98 Å². The first-order chi connectivity index (χ1) is 12.5. The van der Waals surface area contributed by atoms with Crippen molar-refractivity contribution in [1.29, 1.82) is 0 Å². The quantitative estimate of drug-likeness (QED) is 0.822. The Labute approximate surface area is 154 Å². The summed E-state index contributed by atoms with van der Waals surface area (Å²) in [7, 11) is 2.00. The molecule has 1 amide bonds. The molecular formula is C19H27N5O2. The second-order valence-corrected chi connectivity index (χ2v) is 6.96. The van der Waals surface area contributed by atoms with Gasteiger partial charge in [0.2, 0.25) is 17.6 Å². The third-order valence-corrected chi connectivity index (χ3v) is 4.90. The molecule has 1 aromatic carbocycles. The van der Waals surface area contributed by atoms with E-state index in [-0.39, 0.29) is 11.9 Å². The van der Waals surface area contributed by atoms with Gasteiger partial charge in [-0.3, -0.25) is 9.69 Å². The minimum Gasteiger partial charge on any atom is -0.343 e. The molecule has 2 heterocycles. The van der Waals surface area contributed by atoms with Gasteiger partial charge in [-0.25, -0.2) is 0 Å². The van der Waals surface area contributed by atoms with Gasteiger partial charge in [-0.15, -0.1) is 0 Å². The average molecular weight is 357 g/mol. The highest BCUT2D eigenvalue weighted by Gasteiger charge is 2.22. The maximum absolute atomic E-state index is 12.4. The summed E-state index contributed by atoms with van der Waals surface area (Å²) in [5, 5.41) is 10.3. The van der Waals surface area contributed by atoms with Crippen LogP contribution in [-0.4, -0.2) is 53.7 Å². The number of carbonyl (C=O) groups excluding carboxylic acids is 1. The van der Waals surface area contributed by atoms with E-state index in [0.29, 0.717) is 24.3 Å². The Kier molecular flexibility index (Phi) is 6.00. The number of nitrogens with zero attached hydrogens (tertiary/aromatic N) is 3. The number of nitrogens with one attached hydrogen (secondary N) is 2. The van der Waals surface area contributed by atoms with Crippen molar-refractivity contribution < 1.29 is 9.32 Å². The lowest BCUT2D eigenvalue weighted by atomic mass is 10.1. The third-order valence-electron chi connectivity index (χ3n) is 4.90. The van der Waals surface area contributed by atoms with Crippen LogP contribution < -0.4 is 10.6 Å². The van der Waals surface area contributed by atoms with Crippen molar-refractivity contribution >= 4 is 5.91 Å². The molecular weight excluding hydrogens is 330 g/mol. The van der Waals surface area contributed by atoms with Crippen LogP contribution in [0.1, 0.15) is 37.3 Å². The van der Waals surface area contributed by atoms with Crippen LogP contribution in [0.5, 0.6) is 0 Å². The van der Waals surface area contributed by atoms with Gasteiger partial charge in [0.05, 0.1) is 6.54 Å². The van der Waals surface area contributed by atoms with Crippen LogP contribution in [0, 0.1) is 6.92 Å². The van der Waals surface area contributed by atoms with Crippen LogP contribution in [-0.2, 0) is 4.79 Å². The fraction of sp³-hybridized carbons (Fsp3) is 0.526. The van der Waals surface area contributed by atoms with Crippen molar-refractivity contribution in [1.82, 2.24) is 25.7 Å². The molecule has 3 rings (SSSR count). The SMILES string of the molecule is Cc1ccccc1-c1noc(C(C)NC(=O)CN(C)C2CCNCC2)n1. The minimum absolute atomic E-state index is 0.0332. The predicted octanol–water partition coefficient (Wildman–Crippen LogP) is 1.91.